The molecule has 1 atom stereocenters. The topological polar surface area (TPSA) is 95.6 Å². The molecule has 2 heterocycles. The predicted octanol–water partition coefficient (Wildman–Crippen LogP) is 3.09. The molecule has 2 aromatic heterocycles. The first kappa shape index (κ1) is 20.6. The Morgan fingerprint density at radius 2 is 2.10 bits per heavy atom. The van der Waals surface area contributed by atoms with Crippen LogP contribution in [0.5, 0.6) is 0 Å². The number of hydrogen-bond donors (Lipinski definition) is 1. The maximum Gasteiger partial charge on any atom is 0.359 e. The monoisotopic (exact) mass is 417 g/mol. The Bertz CT molecular complexity index is 984. The molecule has 1 unspecified atom stereocenters. The van der Waals surface area contributed by atoms with Crippen LogP contribution in [-0.4, -0.2) is 48.0 Å². The minimum absolute atomic E-state index is 0.0362. The lowest BCUT2D eigenvalue weighted by molar-refractivity contribution is -0.125. The van der Waals surface area contributed by atoms with E-state index >= 15 is 0 Å². The first-order valence-corrected chi connectivity index (χ1v) is 9.21. The lowest BCUT2D eigenvalue weighted by Crippen LogP contribution is -2.38. The number of carbonyl (C=O) groups is 2. The molecule has 152 valence electrons. The van der Waals surface area contributed by atoms with E-state index in [9.17, 15) is 9.59 Å². The van der Waals surface area contributed by atoms with Gasteiger partial charge in [0.15, 0.2) is 18.1 Å². The van der Waals surface area contributed by atoms with E-state index in [-0.39, 0.29) is 11.7 Å². The highest BCUT2D eigenvalue weighted by molar-refractivity contribution is 6.30. The van der Waals surface area contributed by atoms with Crippen LogP contribution in [0.15, 0.2) is 53.1 Å². The summed E-state index contributed by atoms with van der Waals surface area (Å²) in [4.78, 5) is 24.3. The zero-order valence-electron chi connectivity index (χ0n) is 15.9. The molecule has 0 aliphatic heterocycles. The molecule has 3 aromatic rings. The smallest absolute Gasteiger partial charge is 0.359 e. The van der Waals surface area contributed by atoms with Crippen molar-refractivity contribution < 1.29 is 23.5 Å². The Hall–Kier alpha value is -3.10. The Morgan fingerprint density at radius 1 is 1.28 bits per heavy atom. The van der Waals surface area contributed by atoms with Gasteiger partial charge in [0.25, 0.3) is 5.91 Å². The van der Waals surface area contributed by atoms with Gasteiger partial charge in [0.05, 0.1) is 18.6 Å². The van der Waals surface area contributed by atoms with Crippen LogP contribution in [0.4, 0.5) is 0 Å². The van der Waals surface area contributed by atoms with Crippen molar-refractivity contribution in [1.29, 1.82) is 0 Å². The van der Waals surface area contributed by atoms with Gasteiger partial charge in [-0.25, -0.2) is 9.48 Å². The normalized spacial score (nSPS) is 11.8. The van der Waals surface area contributed by atoms with E-state index in [1.807, 2.05) is 0 Å². The maximum atomic E-state index is 12.4. The molecule has 0 spiro atoms. The number of aromatic nitrogens is 2. The number of carbonyl (C=O) groups excluding carboxylic acids is 2. The van der Waals surface area contributed by atoms with E-state index in [2.05, 4.69) is 10.4 Å². The quantitative estimate of drug-likeness (QED) is 0.566. The number of furan rings is 1. The summed E-state index contributed by atoms with van der Waals surface area (Å²) in [5.41, 5.74) is 1.23. The van der Waals surface area contributed by atoms with Crippen molar-refractivity contribution in [1.82, 2.24) is 15.1 Å². The van der Waals surface area contributed by atoms with Crippen molar-refractivity contribution in [3.8, 4) is 17.1 Å². The lowest BCUT2D eigenvalue weighted by atomic mass is 10.2. The van der Waals surface area contributed by atoms with Gasteiger partial charge in [-0.15, -0.1) is 0 Å². The number of nitrogens with one attached hydrogen (secondary N) is 1. The third-order valence-electron chi connectivity index (χ3n) is 3.90. The van der Waals surface area contributed by atoms with Gasteiger partial charge in [-0.3, -0.25) is 4.79 Å². The highest BCUT2D eigenvalue weighted by Gasteiger charge is 2.20. The number of ether oxygens (including phenoxy) is 2. The number of halogens is 1. The van der Waals surface area contributed by atoms with Crippen molar-refractivity contribution in [3.05, 3.63) is 59.4 Å². The predicted molar refractivity (Wildman–Crippen MR) is 106 cm³/mol. The van der Waals surface area contributed by atoms with Crippen molar-refractivity contribution in [3.63, 3.8) is 0 Å². The van der Waals surface area contributed by atoms with Crippen LogP contribution >= 0.6 is 11.6 Å². The molecule has 1 aromatic carbocycles. The number of amides is 1. The van der Waals surface area contributed by atoms with Gasteiger partial charge in [0.1, 0.15) is 5.69 Å². The van der Waals surface area contributed by atoms with E-state index in [1.165, 1.54) is 24.1 Å². The van der Waals surface area contributed by atoms with Crippen molar-refractivity contribution >= 4 is 23.5 Å². The summed E-state index contributed by atoms with van der Waals surface area (Å²) >= 11 is 6.08. The second-order valence-electron chi connectivity index (χ2n) is 6.28. The maximum absolute atomic E-state index is 12.4. The number of hydrogen-bond acceptors (Lipinski definition) is 6. The fourth-order valence-corrected chi connectivity index (χ4v) is 2.88. The highest BCUT2D eigenvalue weighted by Crippen LogP contribution is 2.26. The van der Waals surface area contributed by atoms with E-state index < -0.39 is 18.5 Å². The highest BCUT2D eigenvalue weighted by atomic mass is 35.5. The summed E-state index contributed by atoms with van der Waals surface area (Å²) in [6.45, 7) is 1.72. The second kappa shape index (κ2) is 9.40. The lowest BCUT2D eigenvalue weighted by Gasteiger charge is -2.12. The number of methoxy groups -OCH3 is 1. The number of esters is 1. The number of rotatable bonds is 8. The summed E-state index contributed by atoms with van der Waals surface area (Å²) in [6, 6.07) is 11.8. The summed E-state index contributed by atoms with van der Waals surface area (Å²) in [7, 11) is 1.54. The average molecular weight is 418 g/mol. The van der Waals surface area contributed by atoms with Crippen LogP contribution in [0.1, 0.15) is 17.4 Å². The summed E-state index contributed by atoms with van der Waals surface area (Å²) < 4.78 is 17.0. The van der Waals surface area contributed by atoms with Gasteiger partial charge >= 0.3 is 5.97 Å². The van der Waals surface area contributed by atoms with Gasteiger partial charge in [-0.2, -0.15) is 5.10 Å². The minimum Gasteiger partial charge on any atom is -0.463 e. The Labute approximate surface area is 172 Å². The molecular formula is C20H20ClN3O5. The average Bonchev–Trinajstić information content (AvgIpc) is 3.35. The standard InChI is InChI=1S/C20H20ClN3O5/c1-13(11-27-2)22-19(25)12-29-20(26)16-10-17(18-7-4-8-28-18)24(23-16)15-6-3-5-14(21)9-15/h3-10,13H,11-12H2,1-2H3,(H,22,25). The van der Waals surface area contributed by atoms with Crippen LogP contribution in [0.2, 0.25) is 5.02 Å². The second-order valence-corrected chi connectivity index (χ2v) is 6.72. The zero-order valence-corrected chi connectivity index (χ0v) is 16.7. The molecule has 0 aliphatic rings. The number of nitrogens with zero attached hydrogens (tertiary/aromatic N) is 2. The van der Waals surface area contributed by atoms with Crippen LogP contribution < -0.4 is 5.32 Å². The molecule has 3 rings (SSSR count). The van der Waals surface area contributed by atoms with Gasteiger partial charge in [-0.1, -0.05) is 17.7 Å². The van der Waals surface area contributed by atoms with Crippen LogP contribution in [0, 0.1) is 0 Å². The molecule has 8 nitrogen and oxygen atoms in total. The van der Waals surface area contributed by atoms with Gasteiger partial charge in [-0.05, 0) is 37.3 Å². The first-order valence-electron chi connectivity index (χ1n) is 8.83. The van der Waals surface area contributed by atoms with Crippen molar-refractivity contribution in [2.75, 3.05) is 20.3 Å². The molecule has 29 heavy (non-hydrogen) atoms. The molecule has 0 saturated carbocycles. The summed E-state index contributed by atoms with van der Waals surface area (Å²) in [5.74, 6) is -0.640. The van der Waals surface area contributed by atoms with E-state index in [1.54, 1.807) is 43.3 Å². The van der Waals surface area contributed by atoms with Crippen molar-refractivity contribution in [2.45, 2.75) is 13.0 Å². The molecule has 9 heteroatoms. The molecule has 1 N–H and O–H groups in total. The summed E-state index contributed by atoms with van der Waals surface area (Å²) in [5, 5.41) is 7.50. The summed E-state index contributed by atoms with van der Waals surface area (Å²) in [6.07, 6.45) is 1.52. The third kappa shape index (κ3) is 5.24. The fraction of sp³-hybridized carbons (Fsp3) is 0.250. The Kier molecular flexibility index (Phi) is 6.69. The zero-order chi connectivity index (χ0) is 20.8. The van der Waals surface area contributed by atoms with Crippen molar-refractivity contribution in [2.24, 2.45) is 0 Å². The SMILES string of the molecule is COCC(C)NC(=O)COC(=O)c1cc(-c2ccco2)n(-c2cccc(Cl)c2)n1. The van der Waals surface area contributed by atoms with Crippen LogP contribution in [0.25, 0.3) is 17.1 Å². The molecule has 0 radical (unpaired) electrons. The number of benzene rings is 1. The molecule has 0 aliphatic carbocycles. The third-order valence-corrected chi connectivity index (χ3v) is 4.14. The molecular weight excluding hydrogens is 398 g/mol. The molecule has 0 saturated heterocycles. The van der Waals surface area contributed by atoms with Gasteiger partial charge in [0.2, 0.25) is 0 Å². The molecule has 1 amide bonds. The van der Waals surface area contributed by atoms with E-state index in [0.29, 0.717) is 28.8 Å². The largest absolute Gasteiger partial charge is 0.463 e. The Morgan fingerprint density at radius 3 is 2.79 bits per heavy atom. The van der Waals surface area contributed by atoms with E-state index in [0.717, 1.165) is 0 Å². The van der Waals surface area contributed by atoms with E-state index in [4.69, 9.17) is 25.5 Å². The van der Waals surface area contributed by atoms with Crippen LogP contribution in [0.3, 0.4) is 0 Å². The van der Waals surface area contributed by atoms with Gasteiger partial charge in [0, 0.05) is 24.2 Å². The van der Waals surface area contributed by atoms with Gasteiger partial charge < -0.3 is 19.2 Å². The first-order chi connectivity index (χ1) is 14.0. The fourth-order valence-electron chi connectivity index (χ4n) is 2.70. The molecule has 0 fully saturated rings. The van der Waals surface area contributed by atoms with Crippen LogP contribution in [-0.2, 0) is 14.3 Å². The molecule has 0 bridgehead atoms. The Balaban J connectivity index is 1.78. The minimum atomic E-state index is -0.729.